The van der Waals surface area contributed by atoms with Gasteiger partial charge in [-0.2, -0.15) is 5.10 Å². The number of aryl methyl sites for hydroxylation is 2. The average Bonchev–Trinajstić information content (AvgIpc) is 3.44. The van der Waals surface area contributed by atoms with Gasteiger partial charge in [0.25, 0.3) is 5.91 Å². The predicted octanol–water partition coefficient (Wildman–Crippen LogP) is 2.90. The van der Waals surface area contributed by atoms with Crippen molar-refractivity contribution in [2.75, 3.05) is 30.4 Å². The Hall–Kier alpha value is -4.12. The van der Waals surface area contributed by atoms with E-state index in [1.54, 1.807) is 34.8 Å². The molecule has 4 aromatic heterocycles. The normalized spacial score (nSPS) is 15.7. The van der Waals surface area contributed by atoms with Crippen LogP contribution in [0.3, 0.4) is 0 Å². The molecular formula is C24H25FN8O2. The van der Waals surface area contributed by atoms with E-state index in [1.807, 2.05) is 19.3 Å². The van der Waals surface area contributed by atoms with Crippen LogP contribution in [-0.2, 0) is 11.8 Å². The molecule has 3 N–H and O–H groups in total. The van der Waals surface area contributed by atoms with Gasteiger partial charge in [0.1, 0.15) is 12.3 Å². The molecule has 11 heteroatoms. The molecule has 0 saturated carbocycles. The van der Waals surface area contributed by atoms with Crippen LogP contribution in [0.2, 0.25) is 0 Å². The van der Waals surface area contributed by atoms with Crippen LogP contribution in [0.15, 0.2) is 43.0 Å². The molecule has 5 rings (SSSR count). The first kappa shape index (κ1) is 22.7. The number of alkyl halides is 1. The molecular weight excluding hydrogens is 451 g/mol. The number of fused-ring (bicyclic) bond motifs is 1. The van der Waals surface area contributed by atoms with Crippen molar-refractivity contribution in [3.63, 3.8) is 0 Å². The van der Waals surface area contributed by atoms with Crippen molar-refractivity contribution in [1.29, 1.82) is 0 Å². The van der Waals surface area contributed by atoms with Gasteiger partial charge in [-0.15, -0.1) is 0 Å². The maximum atomic E-state index is 13.0. The van der Waals surface area contributed by atoms with E-state index in [-0.39, 0.29) is 24.4 Å². The lowest BCUT2D eigenvalue weighted by Crippen LogP contribution is -2.51. The van der Waals surface area contributed by atoms with Gasteiger partial charge in [0.2, 0.25) is 5.91 Å². The molecule has 0 bridgehead atoms. The van der Waals surface area contributed by atoms with Crippen LogP contribution in [0.25, 0.3) is 22.3 Å². The molecule has 0 aliphatic carbocycles. The number of pyridine rings is 2. The highest BCUT2D eigenvalue weighted by atomic mass is 19.1. The molecule has 1 unspecified atom stereocenters. The summed E-state index contributed by atoms with van der Waals surface area (Å²) in [6.07, 6.45) is 7.44. The number of carbonyl (C=O) groups excluding carboxylic acids is 2. The van der Waals surface area contributed by atoms with Crippen molar-refractivity contribution in [1.82, 2.24) is 29.6 Å². The van der Waals surface area contributed by atoms with Gasteiger partial charge in [-0.1, -0.05) is 0 Å². The minimum Gasteiger partial charge on any atom is -0.339 e. The number of likely N-dealkylation sites (tertiary alicyclic amines) is 1. The van der Waals surface area contributed by atoms with Crippen molar-refractivity contribution < 1.29 is 14.0 Å². The summed E-state index contributed by atoms with van der Waals surface area (Å²) in [4.78, 5) is 39.0. The quantitative estimate of drug-likeness (QED) is 0.377. The molecule has 10 nitrogen and oxygen atoms in total. The summed E-state index contributed by atoms with van der Waals surface area (Å²) in [5.74, 6) is -0.596. The number of H-pyrrole nitrogens is 1. The summed E-state index contributed by atoms with van der Waals surface area (Å²) < 4.78 is 14.6. The monoisotopic (exact) mass is 476 g/mol. The van der Waals surface area contributed by atoms with Crippen LogP contribution >= 0.6 is 0 Å². The lowest BCUT2D eigenvalue weighted by molar-refractivity contribution is -0.119. The van der Waals surface area contributed by atoms with E-state index in [2.05, 4.69) is 30.7 Å². The average molecular weight is 477 g/mol. The molecule has 0 spiro atoms. The number of rotatable bonds is 7. The highest BCUT2D eigenvalue weighted by Crippen LogP contribution is 2.24. The Morgan fingerprint density at radius 3 is 2.74 bits per heavy atom. The largest absolute Gasteiger partial charge is 0.339 e. The van der Waals surface area contributed by atoms with Crippen LogP contribution in [0.4, 0.5) is 15.8 Å². The number of nitrogens with zero attached hydrogens (tertiary/aromatic N) is 5. The van der Waals surface area contributed by atoms with Crippen molar-refractivity contribution >= 4 is 34.2 Å². The van der Waals surface area contributed by atoms with E-state index >= 15 is 0 Å². The Morgan fingerprint density at radius 2 is 2.03 bits per heavy atom. The number of carbonyl (C=O) groups is 2. The molecule has 0 aromatic carbocycles. The number of anilines is 2. The summed E-state index contributed by atoms with van der Waals surface area (Å²) in [6, 6.07) is 5.16. The summed E-state index contributed by atoms with van der Waals surface area (Å²) in [5, 5.41) is 10.6. The Labute approximate surface area is 200 Å². The first-order valence-electron chi connectivity index (χ1n) is 11.3. The molecule has 4 aromatic rings. The predicted molar refractivity (Wildman–Crippen MR) is 130 cm³/mol. The Bertz CT molecular complexity index is 1410. The number of nitrogens with one attached hydrogen (secondary N) is 3. The van der Waals surface area contributed by atoms with Gasteiger partial charge < -0.3 is 15.6 Å². The summed E-state index contributed by atoms with van der Waals surface area (Å²) in [6.45, 7) is 2.14. The van der Waals surface area contributed by atoms with Crippen LogP contribution in [-0.4, -0.2) is 67.3 Å². The second-order valence-corrected chi connectivity index (χ2v) is 8.67. The molecule has 180 valence electrons. The fourth-order valence-corrected chi connectivity index (χ4v) is 4.04. The number of aromatic nitrogens is 5. The zero-order valence-corrected chi connectivity index (χ0v) is 19.4. The van der Waals surface area contributed by atoms with Gasteiger partial charge in [-0.25, -0.2) is 9.37 Å². The first-order valence-corrected chi connectivity index (χ1v) is 11.3. The number of halogens is 1. The lowest BCUT2D eigenvalue weighted by Gasteiger charge is -2.38. The zero-order valence-electron chi connectivity index (χ0n) is 19.4. The lowest BCUT2D eigenvalue weighted by atomic mass is 10.1. The molecule has 1 aliphatic heterocycles. The number of amides is 2. The zero-order chi connectivity index (χ0) is 24.5. The van der Waals surface area contributed by atoms with Crippen molar-refractivity contribution in [2.45, 2.75) is 19.4 Å². The second-order valence-electron chi connectivity index (χ2n) is 8.67. The third kappa shape index (κ3) is 4.76. The molecule has 5 heterocycles. The number of hydrogen-bond acceptors (Lipinski definition) is 6. The van der Waals surface area contributed by atoms with Crippen LogP contribution in [0.5, 0.6) is 0 Å². The molecule has 0 radical (unpaired) electrons. The third-order valence-corrected chi connectivity index (χ3v) is 6.16. The van der Waals surface area contributed by atoms with Crippen molar-refractivity contribution in [2.24, 2.45) is 7.05 Å². The SMILES string of the molecule is Cc1ncc(NC(=O)CN2CCC2CF)cc1NC(=O)c1cnc2[nH]c(-c3cnn(C)c3)cc2c1. The fourth-order valence-electron chi connectivity index (χ4n) is 4.04. The standard InChI is InChI=1S/C24H25FN8O2/c1-14-20(7-18(11-26-14)29-22(34)13-33-4-3-19(33)8-25)31-24(35)16-5-15-6-21(30-23(15)27-9-16)17-10-28-32(2)12-17/h5-7,9-12,19H,3-4,8,13H2,1-2H3,(H,27,30)(H,29,34)(H,31,35). The third-order valence-electron chi connectivity index (χ3n) is 6.16. The summed E-state index contributed by atoms with van der Waals surface area (Å²) in [7, 11) is 1.85. The van der Waals surface area contributed by atoms with Gasteiger partial charge in [-0.3, -0.25) is 24.2 Å². The van der Waals surface area contributed by atoms with Gasteiger partial charge >= 0.3 is 0 Å². The first-order chi connectivity index (χ1) is 16.9. The molecule has 1 saturated heterocycles. The van der Waals surface area contributed by atoms with Crippen LogP contribution in [0.1, 0.15) is 22.5 Å². The van der Waals surface area contributed by atoms with E-state index in [9.17, 15) is 14.0 Å². The van der Waals surface area contributed by atoms with E-state index < -0.39 is 6.67 Å². The highest BCUT2D eigenvalue weighted by molar-refractivity contribution is 6.06. The highest BCUT2D eigenvalue weighted by Gasteiger charge is 2.29. The Kier molecular flexibility index (Phi) is 6.00. The maximum absolute atomic E-state index is 13.0. The van der Waals surface area contributed by atoms with Crippen molar-refractivity contribution in [3.05, 3.63) is 54.2 Å². The van der Waals surface area contributed by atoms with E-state index in [0.717, 1.165) is 23.1 Å². The van der Waals surface area contributed by atoms with Crippen molar-refractivity contribution in [3.8, 4) is 11.3 Å². The maximum Gasteiger partial charge on any atom is 0.257 e. The molecule has 2 amide bonds. The summed E-state index contributed by atoms with van der Waals surface area (Å²) in [5.41, 5.74) is 4.37. The van der Waals surface area contributed by atoms with Gasteiger partial charge in [-0.05, 0) is 31.5 Å². The molecule has 1 fully saturated rings. The van der Waals surface area contributed by atoms with Crippen LogP contribution in [0, 0.1) is 6.92 Å². The van der Waals surface area contributed by atoms with Gasteiger partial charge in [0, 0.05) is 43.0 Å². The smallest absolute Gasteiger partial charge is 0.257 e. The molecule has 1 aliphatic rings. The minimum absolute atomic E-state index is 0.119. The van der Waals surface area contributed by atoms with Crippen LogP contribution < -0.4 is 10.6 Å². The minimum atomic E-state index is -0.455. The van der Waals surface area contributed by atoms with Gasteiger partial charge in [0.15, 0.2) is 0 Å². The topological polar surface area (TPSA) is 121 Å². The summed E-state index contributed by atoms with van der Waals surface area (Å²) >= 11 is 0. The van der Waals surface area contributed by atoms with E-state index in [1.165, 1.54) is 12.4 Å². The Balaban J connectivity index is 1.28. The van der Waals surface area contributed by atoms with E-state index in [0.29, 0.717) is 34.8 Å². The number of hydrogen-bond donors (Lipinski definition) is 3. The van der Waals surface area contributed by atoms with Gasteiger partial charge in [0.05, 0.1) is 47.3 Å². The van der Waals surface area contributed by atoms with E-state index in [4.69, 9.17) is 0 Å². The molecule has 1 atom stereocenters. The molecule has 35 heavy (non-hydrogen) atoms. The number of aromatic amines is 1. The Morgan fingerprint density at radius 1 is 1.17 bits per heavy atom. The second kappa shape index (κ2) is 9.26. The fraction of sp³-hybridized carbons (Fsp3) is 0.292.